The molecule has 4 unspecified atom stereocenters. The highest BCUT2D eigenvalue weighted by Crippen LogP contribution is 2.71. The maximum absolute atomic E-state index is 9.63. The fourth-order valence-electron chi connectivity index (χ4n) is 10.1. The Morgan fingerprint density at radius 1 is 1.02 bits per heavy atom. The summed E-state index contributed by atoms with van der Waals surface area (Å²) in [5.74, 6) is 7.86. The molecule has 1 aliphatic heterocycles. The maximum Gasteiger partial charge on any atom is 0.171 e. The molecule has 0 radical (unpaired) electrons. The summed E-state index contributed by atoms with van der Waals surface area (Å²) in [6, 6.07) is 9.06. The summed E-state index contributed by atoms with van der Waals surface area (Å²) in [7, 11) is 5.41. The second-order valence-corrected chi connectivity index (χ2v) is 13.1. The lowest BCUT2D eigenvalue weighted by atomic mass is 9.43. The second kappa shape index (κ2) is 10.5. The highest BCUT2D eigenvalue weighted by Gasteiger charge is 2.69. The standard InChI is InChI=1S/C34H46O6/c1-23-19-26-28-11-14-32(37-4,13-6-16-35)31(28,2)20-27(25-9-7-24(8-10-25)21-36-3)30(26)29-12-15-33(39-17-18-40-33)22-34(23,29)38-5/h7-10,26-30,35H,1,11-12,14-22H2,2-5H3/t26?,27-,28?,29?,30?,31+,32+,34+/m1/s1. The van der Waals surface area contributed by atoms with Crippen LogP contribution in [0.25, 0.3) is 0 Å². The van der Waals surface area contributed by atoms with Crippen LogP contribution in [0, 0.1) is 40.9 Å². The van der Waals surface area contributed by atoms with Crippen LogP contribution in [0.15, 0.2) is 36.4 Å². The van der Waals surface area contributed by atoms with E-state index in [0.717, 1.165) is 38.5 Å². The van der Waals surface area contributed by atoms with Crippen LogP contribution in [0.2, 0.25) is 0 Å². The summed E-state index contributed by atoms with van der Waals surface area (Å²) < 4.78 is 30.8. The highest BCUT2D eigenvalue weighted by atomic mass is 16.7. The first kappa shape index (κ1) is 28.4. The molecule has 218 valence electrons. The SMILES string of the molecule is C=C1CC2C(C3CCC4(C[C@]13OC)OCCO4)[C@@H](c1ccc(COC)cc1)C[C@@]1(C)C2CC[C@]1(C#CCO)OC. The minimum atomic E-state index is -0.571. The number of hydrogen-bond donors (Lipinski definition) is 1. The Morgan fingerprint density at radius 2 is 1.75 bits per heavy atom. The molecule has 0 aromatic heterocycles. The highest BCUT2D eigenvalue weighted by molar-refractivity contribution is 5.36. The Hall–Kier alpha value is -1.72. The van der Waals surface area contributed by atoms with E-state index < -0.39 is 17.0 Å². The first-order valence-electron chi connectivity index (χ1n) is 15.1. The van der Waals surface area contributed by atoms with Crippen molar-refractivity contribution < 1.29 is 28.8 Å². The summed E-state index contributed by atoms with van der Waals surface area (Å²) in [6.07, 6.45) is 6.47. The van der Waals surface area contributed by atoms with Crippen molar-refractivity contribution in [3.05, 3.63) is 47.5 Å². The van der Waals surface area contributed by atoms with Crippen molar-refractivity contribution in [2.24, 2.45) is 29.1 Å². The molecule has 1 N–H and O–H groups in total. The first-order valence-corrected chi connectivity index (χ1v) is 15.1. The molecule has 1 spiro atoms. The average Bonchev–Trinajstić information content (AvgIpc) is 3.54. The lowest BCUT2D eigenvalue weighted by Crippen LogP contribution is -2.63. The zero-order valence-electron chi connectivity index (χ0n) is 24.7. The first-order chi connectivity index (χ1) is 19.3. The maximum atomic E-state index is 9.63. The zero-order valence-corrected chi connectivity index (χ0v) is 24.7. The van der Waals surface area contributed by atoms with Crippen molar-refractivity contribution in [2.75, 3.05) is 41.2 Å². The second-order valence-electron chi connectivity index (χ2n) is 13.1. The Bertz CT molecular complexity index is 1160. The monoisotopic (exact) mass is 550 g/mol. The fraction of sp³-hybridized carbons (Fsp3) is 0.706. The normalized spacial score (nSPS) is 41.6. The number of benzene rings is 1. The topological polar surface area (TPSA) is 66.4 Å². The summed E-state index contributed by atoms with van der Waals surface area (Å²) in [5, 5.41) is 9.63. The number of fused-ring (bicyclic) bond motifs is 5. The van der Waals surface area contributed by atoms with E-state index in [1.54, 1.807) is 14.2 Å². The smallest absolute Gasteiger partial charge is 0.171 e. The van der Waals surface area contributed by atoms with Crippen LogP contribution in [0.4, 0.5) is 0 Å². The zero-order chi connectivity index (χ0) is 28.2. The summed E-state index contributed by atoms with van der Waals surface area (Å²) in [4.78, 5) is 0. The molecule has 5 fully saturated rings. The molecule has 1 saturated heterocycles. The van der Waals surface area contributed by atoms with Gasteiger partial charge in [0.1, 0.15) is 12.2 Å². The van der Waals surface area contributed by atoms with Crippen LogP contribution < -0.4 is 0 Å². The van der Waals surface area contributed by atoms with Crippen molar-refractivity contribution in [3.63, 3.8) is 0 Å². The number of rotatable bonds is 5. The lowest BCUT2D eigenvalue weighted by molar-refractivity contribution is -0.251. The fourth-order valence-corrected chi connectivity index (χ4v) is 10.1. The molecule has 6 rings (SSSR count). The van der Waals surface area contributed by atoms with E-state index in [1.165, 1.54) is 16.7 Å². The number of ether oxygens (including phenoxy) is 5. The molecular weight excluding hydrogens is 504 g/mol. The Balaban J connectivity index is 1.46. The molecule has 6 heteroatoms. The predicted molar refractivity (Wildman–Crippen MR) is 152 cm³/mol. The molecule has 0 amide bonds. The van der Waals surface area contributed by atoms with Crippen LogP contribution in [0.5, 0.6) is 0 Å². The molecule has 4 aliphatic carbocycles. The number of aliphatic hydroxyl groups excluding tert-OH is 1. The van der Waals surface area contributed by atoms with Crippen molar-refractivity contribution >= 4 is 0 Å². The molecule has 1 aromatic carbocycles. The van der Waals surface area contributed by atoms with Gasteiger partial charge in [-0.3, -0.25) is 0 Å². The van der Waals surface area contributed by atoms with Gasteiger partial charge in [-0.15, -0.1) is 0 Å². The van der Waals surface area contributed by atoms with E-state index in [2.05, 4.69) is 43.0 Å². The molecule has 6 nitrogen and oxygen atoms in total. The Morgan fingerprint density at radius 3 is 2.40 bits per heavy atom. The molecular formula is C34H46O6. The average molecular weight is 551 g/mol. The van der Waals surface area contributed by atoms with Gasteiger partial charge in [0.25, 0.3) is 0 Å². The predicted octanol–water partition coefficient (Wildman–Crippen LogP) is 5.24. The van der Waals surface area contributed by atoms with E-state index >= 15 is 0 Å². The molecule has 1 heterocycles. The third-order valence-corrected chi connectivity index (χ3v) is 11.8. The van der Waals surface area contributed by atoms with Gasteiger partial charge in [-0.1, -0.05) is 49.6 Å². The van der Waals surface area contributed by atoms with Crippen molar-refractivity contribution in [3.8, 4) is 11.8 Å². The van der Waals surface area contributed by atoms with E-state index in [9.17, 15) is 5.11 Å². The number of aliphatic hydroxyl groups is 1. The Labute approximate surface area is 239 Å². The van der Waals surface area contributed by atoms with Gasteiger partial charge in [-0.2, -0.15) is 0 Å². The summed E-state index contributed by atoms with van der Waals surface area (Å²) >= 11 is 0. The van der Waals surface area contributed by atoms with Gasteiger partial charge in [0, 0.05) is 39.6 Å². The summed E-state index contributed by atoms with van der Waals surface area (Å²) in [5.41, 5.74) is 2.56. The number of methoxy groups -OCH3 is 3. The third-order valence-electron chi connectivity index (χ3n) is 11.8. The minimum Gasteiger partial charge on any atom is -0.384 e. The van der Waals surface area contributed by atoms with Crippen LogP contribution in [-0.4, -0.2) is 63.2 Å². The minimum absolute atomic E-state index is 0.149. The van der Waals surface area contributed by atoms with Crippen molar-refractivity contribution in [1.82, 2.24) is 0 Å². The lowest BCUT2D eigenvalue weighted by Gasteiger charge is -2.64. The van der Waals surface area contributed by atoms with Gasteiger partial charge in [-0.25, -0.2) is 0 Å². The van der Waals surface area contributed by atoms with Crippen LogP contribution in [-0.2, 0) is 30.3 Å². The summed E-state index contributed by atoms with van der Waals surface area (Å²) in [6.45, 7) is 8.87. The largest absolute Gasteiger partial charge is 0.384 e. The van der Waals surface area contributed by atoms with Crippen LogP contribution in [0.1, 0.15) is 68.9 Å². The van der Waals surface area contributed by atoms with E-state index in [1.807, 2.05) is 7.11 Å². The van der Waals surface area contributed by atoms with Crippen molar-refractivity contribution in [2.45, 2.75) is 81.4 Å². The van der Waals surface area contributed by atoms with Crippen molar-refractivity contribution in [1.29, 1.82) is 0 Å². The molecule has 40 heavy (non-hydrogen) atoms. The molecule has 0 bridgehead atoms. The van der Waals surface area contributed by atoms with E-state index in [-0.39, 0.29) is 12.0 Å². The van der Waals surface area contributed by atoms with Gasteiger partial charge in [0.2, 0.25) is 0 Å². The van der Waals surface area contributed by atoms with Crippen LogP contribution >= 0.6 is 0 Å². The number of hydrogen-bond acceptors (Lipinski definition) is 6. The van der Waals surface area contributed by atoms with Crippen LogP contribution in [0.3, 0.4) is 0 Å². The quantitative estimate of drug-likeness (QED) is 0.400. The van der Waals surface area contributed by atoms with E-state index in [4.69, 9.17) is 30.3 Å². The van der Waals surface area contributed by atoms with E-state index in [0.29, 0.717) is 55.8 Å². The van der Waals surface area contributed by atoms with Gasteiger partial charge < -0.3 is 28.8 Å². The Kier molecular flexibility index (Phi) is 7.47. The van der Waals surface area contributed by atoms with Gasteiger partial charge >= 0.3 is 0 Å². The van der Waals surface area contributed by atoms with Gasteiger partial charge in [-0.05, 0) is 78.4 Å². The molecule has 1 aromatic rings. The van der Waals surface area contributed by atoms with Gasteiger partial charge in [0.15, 0.2) is 5.79 Å². The third kappa shape index (κ3) is 4.07. The van der Waals surface area contributed by atoms with Gasteiger partial charge in [0.05, 0.1) is 25.4 Å². The molecule has 8 atom stereocenters. The molecule has 4 saturated carbocycles. The molecule has 5 aliphatic rings.